The van der Waals surface area contributed by atoms with Crippen molar-refractivity contribution in [1.82, 2.24) is 24.5 Å². The zero-order valence-electron chi connectivity index (χ0n) is 20.3. The van der Waals surface area contributed by atoms with E-state index in [1.807, 2.05) is 12.1 Å². The first-order valence-electron chi connectivity index (χ1n) is 12.2. The number of benzene rings is 1. The number of aromatic nitrogens is 5. The SMILES string of the molecule is COc1nnn(C)c1-c1cnc2c3ccc(C(C)(O)C4CC4)c(F)c3n(CC3CCOCC3)c2c1. The van der Waals surface area contributed by atoms with Crippen LogP contribution in [-0.2, 0) is 23.9 Å². The van der Waals surface area contributed by atoms with Crippen LogP contribution in [0.25, 0.3) is 33.2 Å². The average Bonchev–Trinajstić information content (AvgIpc) is 3.60. The summed E-state index contributed by atoms with van der Waals surface area (Å²) in [6.07, 6.45) is 5.44. The summed E-state index contributed by atoms with van der Waals surface area (Å²) in [4.78, 5) is 4.78. The third-order valence-electron chi connectivity index (χ3n) is 7.76. The van der Waals surface area contributed by atoms with Gasteiger partial charge >= 0.3 is 0 Å². The Kier molecular flexibility index (Phi) is 5.30. The van der Waals surface area contributed by atoms with E-state index in [0.29, 0.717) is 48.3 Å². The molecule has 1 saturated heterocycles. The second kappa shape index (κ2) is 8.27. The molecule has 0 radical (unpaired) electrons. The van der Waals surface area contributed by atoms with E-state index in [4.69, 9.17) is 14.5 Å². The second-order valence-corrected chi connectivity index (χ2v) is 10.1. The third kappa shape index (κ3) is 3.60. The first-order chi connectivity index (χ1) is 16.9. The van der Waals surface area contributed by atoms with Gasteiger partial charge in [0.1, 0.15) is 5.69 Å². The largest absolute Gasteiger partial charge is 0.478 e. The number of pyridine rings is 1. The summed E-state index contributed by atoms with van der Waals surface area (Å²) in [5.41, 5.74) is 2.76. The van der Waals surface area contributed by atoms with Crippen LogP contribution in [0.5, 0.6) is 5.88 Å². The highest BCUT2D eigenvalue weighted by atomic mass is 19.1. The third-order valence-corrected chi connectivity index (χ3v) is 7.76. The van der Waals surface area contributed by atoms with Crippen LogP contribution in [0.15, 0.2) is 24.4 Å². The van der Waals surface area contributed by atoms with Crippen LogP contribution >= 0.6 is 0 Å². The highest BCUT2D eigenvalue weighted by molar-refractivity contribution is 6.07. The summed E-state index contributed by atoms with van der Waals surface area (Å²) in [6.45, 7) is 3.82. The Balaban J connectivity index is 1.59. The Morgan fingerprint density at radius 1 is 1.23 bits per heavy atom. The Morgan fingerprint density at radius 3 is 2.71 bits per heavy atom. The molecule has 9 heteroatoms. The molecule has 1 N–H and O–H groups in total. The molecule has 0 bridgehead atoms. The molecular weight excluding hydrogens is 449 g/mol. The molecule has 1 atom stereocenters. The fourth-order valence-corrected chi connectivity index (χ4v) is 5.55. The van der Waals surface area contributed by atoms with E-state index in [-0.39, 0.29) is 11.7 Å². The fourth-order valence-electron chi connectivity index (χ4n) is 5.55. The van der Waals surface area contributed by atoms with Gasteiger partial charge in [0.15, 0.2) is 5.82 Å². The number of halogens is 1. The lowest BCUT2D eigenvalue weighted by molar-refractivity contribution is 0.0297. The molecule has 1 unspecified atom stereocenters. The lowest BCUT2D eigenvalue weighted by Gasteiger charge is -2.26. The molecule has 3 aromatic heterocycles. The standard InChI is InChI=1S/C26H30FN5O3/c1-26(33,17-4-5-17)19-7-6-18-22-20(12-16(13-28-22)23-25(34-3)29-30-31(23)2)32(24(18)21(19)27)14-15-8-10-35-11-9-15/h6-7,12-13,15,17,33H,4-5,8-11,14H2,1-3H3. The predicted molar refractivity (Wildman–Crippen MR) is 130 cm³/mol. The quantitative estimate of drug-likeness (QED) is 0.447. The molecule has 1 saturated carbocycles. The molecular formula is C26H30FN5O3. The van der Waals surface area contributed by atoms with E-state index in [1.54, 1.807) is 38.0 Å². The smallest absolute Gasteiger partial charge is 0.261 e. The van der Waals surface area contributed by atoms with Crippen molar-refractivity contribution in [1.29, 1.82) is 0 Å². The first kappa shape index (κ1) is 22.4. The summed E-state index contributed by atoms with van der Waals surface area (Å²) < 4.78 is 31.0. The Bertz CT molecular complexity index is 1420. The zero-order chi connectivity index (χ0) is 24.3. The summed E-state index contributed by atoms with van der Waals surface area (Å²) in [6, 6.07) is 5.66. The van der Waals surface area contributed by atoms with Crippen molar-refractivity contribution in [2.75, 3.05) is 20.3 Å². The van der Waals surface area contributed by atoms with E-state index in [2.05, 4.69) is 14.9 Å². The number of aryl methyl sites for hydroxylation is 1. The molecule has 0 amide bonds. The van der Waals surface area contributed by atoms with Crippen LogP contribution in [-0.4, -0.2) is 50.0 Å². The highest BCUT2D eigenvalue weighted by Crippen LogP contribution is 2.47. The molecule has 35 heavy (non-hydrogen) atoms. The number of fused-ring (bicyclic) bond motifs is 3. The van der Waals surface area contributed by atoms with Gasteiger partial charge in [-0.2, -0.15) is 0 Å². The molecule has 4 aromatic rings. The highest BCUT2D eigenvalue weighted by Gasteiger charge is 2.43. The second-order valence-electron chi connectivity index (χ2n) is 10.1. The van der Waals surface area contributed by atoms with Gasteiger partial charge in [0.25, 0.3) is 5.88 Å². The Morgan fingerprint density at radius 2 is 2.00 bits per heavy atom. The van der Waals surface area contributed by atoms with Gasteiger partial charge in [-0.15, -0.1) is 0 Å². The predicted octanol–water partition coefficient (Wildman–Crippen LogP) is 4.18. The normalized spacial score (nSPS) is 18.9. The van der Waals surface area contributed by atoms with Gasteiger partial charge in [-0.3, -0.25) is 4.98 Å². The number of nitrogens with zero attached hydrogens (tertiary/aromatic N) is 5. The number of hydrogen-bond acceptors (Lipinski definition) is 6. The van der Waals surface area contributed by atoms with Crippen LogP contribution in [0.2, 0.25) is 0 Å². The van der Waals surface area contributed by atoms with E-state index in [1.165, 1.54) is 0 Å². The number of ether oxygens (including phenoxy) is 2. The maximum absolute atomic E-state index is 16.3. The van der Waals surface area contributed by atoms with Crippen molar-refractivity contribution < 1.29 is 19.0 Å². The molecule has 1 aliphatic carbocycles. The number of methoxy groups -OCH3 is 1. The molecule has 6 rings (SSSR count). The van der Waals surface area contributed by atoms with Crippen molar-refractivity contribution in [3.05, 3.63) is 35.8 Å². The minimum Gasteiger partial charge on any atom is -0.478 e. The molecule has 2 aliphatic rings. The number of rotatable bonds is 6. The van der Waals surface area contributed by atoms with Crippen molar-refractivity contribution >= 4 is 21.9 Å². The maximum atomic E-state index is 16.3. The molecule has 1 aliphatic heterocycles. The lowest BCUT2D eigenvalue weighted by Crippen LogP contribution is -2.26. The van der Waals surface area contributed by atoms with Gasteiger partial charge < -0.3 is 19.1 Å². The topological polar surface area (TPSA) is 87.2 Å². The molecule has 4 heterocycles. The Hall–Kier alpha value is -3.04. The Labute approximate surface area is 202 Å². The van der Waals surface area contributed by atoms with E-state index < -0.39 is 5.60 Å². The minimum absolute atomic E-state index is 0.0947. The van der Waals surface area contributed by atoms with E-state index in [0.717, 1.165) is 47.7 Å². The van der Waals surface area contributed by atoms with Gasteiger partial charge in [-0.25, -0.2) is 9.07 Å². The number of aliphatic hydroxyl groups is 1. The van der Waals surface area contributed by atoms with Gasteiger partial charge in [-0.05, 0) is 50.5 Å². The molecule has 8 nitrogen and oxygen atoms in total. The van der Waals surface area contributed by atoms with Crippen LogP contribution in [0.4, 0.5) is 4.39 Å². The molecule has 184 valence electrons. The molecule has 1 aromatic carbocycles. The lowest BCUT2D eigenvalue weighted by atomic mass is 9.89. The average molecular weight is 480 g/mol. The summed E-state index contributed by atoms with van der Waals surface area (Å²) in [7, 11) is 3.36. The van der Waals surface area contributed by atoms with Crippen molar-refractivity contribution in [2.45, 2.75) is 44.8 Å². The molecule has 2 fully saturated rings. The van der Waals surface area contributed by atoms with Crippen LogP contribution < -0.4 is 4.74 Å². The zero-order valence-corrected chi connectivity index (χ0v) is 20.3. The van der Waals surface area contributed by atoms with Crippen LogP contribution in [0, 0.1) is 17.7 Å². The van der Waals surface area contributed by atoms with Gasteiger partial charge in [0.05, 0.1) is 29.3 Å². The first-order valence-corrected chi connectivity index (χ1v) is 12.2. The van der Waals surface area contributed by atoms with Gasteiger partial charge in [-0.1, -0.05) is 22.4 Å². The van der Waals surface area contributed by atoms with Gasteiger partial charge in [0.2, 0.25) is 0 Å². The van der Waals surface area contributed by atoms with Crippen molar-refractivity contribution in [3.63, 3.8) is 0 Å². The summed E-state index contributed by atoms with van der Waals surface area (Å²) in [5.74, 6) is 0.517. The van der Waals surface area contributed by atoms with Crippen molar-refractivity contribution in [3.8, 4) is 17.1 Å². The summed E-state index contributed by atoms with van der Waals surface area (Å²) in [5, 5.41) is 20.1. The molecule has 0 spiro atoms. The van der Waals surface area contributed by atoms with Crippen LogP contribution in [0.1, 0.15) is 38.2 Å². The van der Waals surface area contributed by atoms with Crippen LogP contribution in [0.3, 0.4) is 0 Å². The van der Waals surface area contributed by atoms with E-state index in [9.17, 15) is 5.11 Å². The monoisotopic (exact) mass is 479 g/mol. The fraction of sp³-hybridized carbons (Fsp3) is 0.500. The summed E-state index contributed by atoms with van der Waals surface area (Å²) >= 11 is 0. The van der Waals surface area contributed by atoms with E-state index >= 15 is 4.39 Å². The minimum atomic E-state index is -1.19. The maximum Gasteiger partial charge on any atom is 0.261 e. The van der Waals surface area contributed by atoms with Gasteiger partial charge in [0, 0.05) is 49.5 Å². The van der Waals surface area contributed by atoms with Crippen molar-refractivity contribution in [2.24, 2.45) is 18.9 Å². The number of hydrogen-bond donors (Lipinski definition) is 1.